The Balaban J connectivity index is 2.38. The first-order chi connectivity index (χ1) is 9.02. The van der Waals surface area contributed by atoms with E-state index in [1.165, 1.54) is 13.2 Å². The minimum absolute atomic E-state index is 0.222. The van der Waals surface area contributed by atoms with Crippen molar-refractivity contribution in [2.24, 2.45) is 0 Å². The summed E-state index contributed by atoms with van der Waals surface area (Å²) in [5.74, 6) is -0.180. The molecular weight excluding hydrogens is 331 g/mol. The van der Waals surface area contributed by atoms with Gasteiger partial charge in [-0.2, -0.15) is 0 Å². The zero-order valence-corrected chi connectivity index (χ0v) is 12.9. The van der Waals surface area contributed by atoms with E-state index in [4.69, 9.17) is 16.3 Å². The molecule has 0 saturated heterocycles. The normalized spacial score (nSPS) is 12.3. The Morgan fingerprint density at radius 1 is 1.21 bits per heavy atom. The topological polar surface area (TPSA) is 9.23 Å². The predicted molar refractivity (Wildman–Crippen MR) is 79.5 cm³/mol. The smallest absolute Gasteiger partial charge is 0.165 e. The lowest BCUT2D eigenvalue weighted by Gasteiger charge is -2.14. The Kier molecular flexibility index (Phi) is 4.48. The molecule has 0 radical (unpaired) electrons. The highest BCUT2D eigenvalue weighted by atomic mass is 79.9. The summed E-state index contributed by atoms with van der Waals surface area (Å²) in [6.07, 6.45) is 0. The maximum Gasteiger partial charge on any atom is 0.165 e. The first-order valence-electron chi connectivity index (χ1n) is 5.76. The van der Waals surface area contributed by atoms with Gasteiger partial charge in [-0.3, -0.25) is 0 Å². The molecule has 0 saturated carbocycles. The molecular formula is C15H13BrClFO. The van der Waals surface area contributed by atoms with Crippen molar-refractivity contribution in [2.45, 2.75) is 12.3 Å². The highest BCUT2D eigenvalue weighted by Gasteiger charge is 2.15. The van der Waals surface area contributed by atoms with Gasteiger partial charge in [-0.05, 0) is 47.9 Å². The molecule has 19 heavy (non-hydrogen) atoms. The summed E-state index contributed by atoms with van der Waals surface area (Å²) in [6, 6.07) is 10.6. The van der Waals surface area contributed by atoms with Crippen molar-refractivity contribution in [3.8, 4) is 5.75 Å². The number of benzene rings is 2. The maximum absolute atomic E-state index is 13.7. The summed E-state index contributed by atoms with van der Waals surface area (Å²) in [5, 5.41) is -0.381. The molecule has 1 unspecified atom stereocenters. The highest BCUT2D eigenvalue weighted by molar-refractivity contribution is 9.10. The van der Waals surface area contributed by atoms with Gasteiger partial charge in [0.25, 0.3) is 0 Å². The van der Waals surface area contributed by atoms with E-state index in [1.807, 2.05) is 25.1 Å². The molecule has 1 atom stereocenters. The largest absolute Gasteiger partial charge is 0.494 e. The van der Waals surface area contributed by atoms with Gasteiger partial charge in [-0.1, -0.05) is 28.1 Å². The average molecular weight is 344 g/mol. The van der Waals surface area contributed by atoms with Gasteiger partial charge < -0.3 is 4.74 Å². The van der Waals surface area contributed by atoms with E-state index >= 15 is 0 Å². The van der Waals surface area contributed by atoms with Gasteiger partial charge in [0.1, 0.15) is 0 Å². The second kappa shape index (κ2) is 5.93. The maximum atomic E-state index is 13.7. The molecule has 0 heterocycles. The van der Waals surface area contributed by atoms with Crippen LogP contribution in [0.4, 0.5) is 4.39 Å². The Hall–Kier alpha value is -1.06. The molecule has 4 heteroatoms. The summed E-state index contributed by atoms with van der Waals surface area (Å²) in [7, 11) is 1.44. The Morgan fingerprint density at radius 2 is 1.95 bits per heavy atom. The van der Waals surface area contributed by atoms with Crippen molar-refractivity contribution >= 4 is 27.5 Å². The van der Waals surface area contributed by atoms with Gasteiger partial charge in [0.15, 0.2) is 11.6 Å². The monoisotopic (exact) mass is 342 g/mol. The number of rotatable bonds is 3. The van der Waals surface area contributed by atoms with Crippen LogP contribution in [0.1, 0.15) is 22.1 Å². The molecule has 0 spiro atoms. The van der Waals surface area contributed by atoms with Gasteiger partial charge in [-0.15, -0.1) is 11.6 Å². The zero-order valence-electron chi connectivity index (χ0n) is 10.6. The number of methoxy groups -OCH3 is 1. The third-order valence-electron chi connectivity index (χ3n) is 2.97. The standard InChI is InChI=1S/C15H13BrClFO/c1-9-7-11(16)4-5-12(9)15(17)10-3-6-14(19-2)13(18)8-10/h3-8,15H,1-2H3. The van der Waals surface area contributed by atoms with Crippen LogP contribution in [0.25, 0.3) is 0 Å². The number of halogens is 3. The van der Waals surface area contributed by atoms with Crippen molar-refractivity contribution in [3.63, 3.8) is 0 Å². The molecule has 0 bridgehead atoms. The Labute approximate surface area is 125 Å². The predicted octanol–water partition coefficient (Wildman–Crippen LogP) is 5.23. The fraction of sp³-hybridized carbons (Fsp3) is 0.200. The van der Waals surface area contributed by atoms with Gasteiger partial charge in [-0.25, -0.2) is 4.39 Å². The lowest BCUT2D eigenvalue weighted by molar-refractivity contribution is 0.386. The van der Waals surface area contributed by atoms with Crippen LogP contribution in [0.5, 0.6) is 5.75 Å². The number of ether oxygens (including phenoxy) is 1. The average Bonchev–Trinajstić information content (AvgIpc) is 2.38. The second-order valence-corrected chi connectivity index (χ2v) is 5.61. The lowest BCUT2D eigenvalue weighted by atomic mass is 10.00. The molecule has 0 N–H and O–H groups in total. The van der Waals surface area contributed by atoms with Crippen molar-refractivity contribution in [1.29, 1.82) is 0 Å². The molecule has 2 aromatic rings. The van der Waals surface area contributed by atoms with Crippen molar-refractivity contribution in [3.05, 3.63) is 63.4 Å². The van der Waals surface area contributed by atoms with E-state index in [0.29, 0.717) is 5.56 Å². The van der Waals surface area contributed by atoms with Crippen LogP contribution >= 0.6 is 27.5 Å². The molecule has 1 nitrogen and oxygen atoms in total. The summed E-state index contributed by atoms with van der Waals surface area (Å²) in [6.45, 7) is 1.98. The van der Waals surface area contributed by atoms with Gasteiger partial charge in [0.05, 0.1) is 12.5 Å². The number of hydrogen-bond donors (Lipinski definition) is 0. The first-order valence-corrected chi connectivity index (χ1v) is 6.99. The van der Waals surface area contributed by atoms with E-state index in [0.717, 1.165) is 15.6 Å². The van der Waals surface area contributed by atoms with Crippen LogP contribution in [0.3, 0.4) is 0 Å². The third kappa shape index (κ3) is 3.10. The molecule has 0 aliphatic rings. The number of alkyl halides is 1. The van der Waals surface area contributed by atoms with Crippen molar-refractivity contribution in [1.82, 2.24) is 0 Å². The van der Waals surface area contributed by atoms with E-state index in [2.05, 4.69) is 15.9 Å². The minimum Gasteiger partial charge on any atom is -0.494 e. The highest BCUT2D eigenvalue weighted by Crippen LogP contribution is 2.33. The van der Waals surface area contributed by atoms with Crippen LogP contribution < -0.4 is 4.74 Å². The molecule has 0 aliphatic carbocycles. The Morgan fingerprint density at radius 3 is 2.53 bits per heavy atom. The summed E-state index contributed by atoms with van der Waals surface area (Å²) >= 11 is 9.85. The molecule has 0 fully saturated rings. The van der Waals surface area contributed by atoms with E-state index < -0.39 is 5.82 Å². The summed E-state index contributed by atoms with van der Waals surface area (Å²) in [4.78, 5) is 0. The molecule has 100 valence electrons. The molecule has 0 amide bonds. The summed E-state index contributed by atoms with van der Waals surface area (Å²) in [5.41, 5.74) is 2.74. The second-order valence-electron chi connectivity index (χ2n) is 4.26. The van der Waals surface area contributed by atoms with Crippen LogP contribution in [-0.4, -0.2) is 7.11 Å². The zero-order chi connectivity index (χ0) is 14.0. The number of hydrogen-bond acceptors (Lipinski definition) is 1. The summed E-state index contributed by atoms with van der Waals surface area (Å²) < 4.78 is 19.6. The first kappa shape index (κ1) is 14.4. The lowest BCUT2D eigenvalue weighted by Crippen LogP contribution is -1.98. The van der Waals surface area contributed by atoms with Crippen molar-refractivity contribution in [2.75, 3.05) is 7.11 Å². The van der Waals surface area contributed by atoms with Gasteiger partial charge >= 0.3 is 0 Å². The molecule has 2 rings (SSSR count). The van der Waals surface area contributed by atoms with Crippen LogP contribution in [0, 0.1) is 12.7 Å². The fourth-order valence-corrected chi connectivity index (χ4v) is 2.80. The van der Waals surface area contributed by atoms with E-state index in [-0.39, 0.29) is 11.1 Å². The fourth-order valence-electron chi connectivity index (χ4n) is 1.94. The van der Waals surface area contributed by atoms with E-state index in [9.17, 15) is 4.39 Å². The van der Waals surface area contributed by atoms with E-state index in [1.54, 1.807) is 12.1 Å². The van der Waals surface area contributed by atoms with Gasteiger partial charge in [0, 0.05) is 4.47 Å². The molecule has 2 aromatic carbocycles. The molecule has 0 aromatic heterocycles. The SMILES string of the molecule is COc1ccc(C(Cl)c2ccc(Br)cc2C)cc1F. The van der Waals surface area contributed by atoms with Crippen LogP contribution in [-0.2, 0) is 0 Å². The number of aryl methyl sites for hydroxylation is 1. The van der Waals surface area contributed by atoms with Crippen LogP contribution in [0.2, 0.25) is 0 Å². The Bertz CT molecular complexity index is 601. The van der Waals surface area contributed by atoms with Crippen molar-refractivity contribution < 1.29 is 9.13 Å². The quantitative estimate of drug-likeness (QED) is 0.693. The molecule has 0 aliphatic heterocycles. The third-order valence-corrected chi connectivity index (χ3v) is 3.95. The minimum atomic E-state index is -0.402. The van der Waals surface area contributed by atoms with Crippen LogP contribution in [0.15, 0.2) is 40.9 Å². The van der Waals surface area contributed by atoms with Gasteiger partial charge in [0.2, 0.25) is 0 Å².